The van der Waals surface area contributed by atoms with Crippen molar-refractivity contribution in [3.63, 3.8) is 0 Å². The summed E-state index contributed by atoms with van der Waals surface area (Å²) in [7, 11) is 0. The van der Waals surface area contributed by atoms with Gasteiger partial charge in [0.15, 0.2) is 0 Å². The monoisotopic (exact) mass is 563 g/mol. The van der Waals surface area contributed by atoms with Crippen LogP contribution >= 0.6 is 0 Å². The minimum atomic E-state index is 1.09. The van der Waals surface area contributed by atoms with E-state index in [0.717, 1.165) is 33.7 Å². The topological polar surface area (TPSA) is 21.1 Å². The molecule has 2 heterocycles. The van der Waals surface area contributed by atoms with E-state index in [4.69, 9.17) is 0 Å². The Balaban J connectivity index is 1.27. The van der Waals surface area contributed by atoms with Gasteiger partial charge in [-0.15, -0.1) is 0 Å². The predicted molar refractivity (Wildman–Crippen MR) is 184 cm³/mol. The fraction of sp³-hybridized carbons (Fsp3) is 0. The summed E-state index contributed by atoms with van der Waals surface area (Å²) in [5.41, 5.74) is 11.5. The summed E-state index contributed by atoms with van der Waals surface area (Å²) in [5, 5.41) is 2.35. The number of hydrogen-bond acceptors (Lipinski definition) is 2. The molecule has 0 aliphatic carbocycles. The molecule has 0 unspecified atom stereocenters. The molecule has 0 atom stereocenters. The molecular weight excluding hydrogens is 534 g/mol. The molecule has 0 aliphatic rings. The largest absolute Gasteiger partial charge is 0.310 e. The predicted octanol–water partition coefficient (Wildman–Crippen LogP) is 11.0. The maximum absolute atomic E-state index is 4.43. The van der Waals surface area contributed by atoms with Gasteiger partial charge in [-0.25, -0.2) is 0 Å². The van der Waals surface area contributed by atoms with E-state index in [2.05, 4.69) is 178 Å². The highest BCUT2D eigenvalue weighted by Gasteiger charge is 2.16. The number of rotatable bonds is 6. The first-order valence-electron chi connectivity index (χ1n) is 14.9. The lowest BCUT2D eigenvalue weighted by atomic mass is 10.0. The second-order valence-corrected chi connectivity index (χ2v) is 10.9. The Kier molecular flexibility index (Phi) is 6.47. The van der Waals surface area contributed by atoms with E-state index >= 15 is 0 Å². The molecule has 208 valence electrons. The lowest BCUT2D eigenvalue weighted by molar-refractivity contribution is 1.16. The number of pyridine rings is 1. The first-order valence-corrected chi connectivity index (χ1v) is 14.9. The third-order valence-electron chi connectivity index (χ3n) is 8.29. The number of nitrogens with zero attached hydrogens (tertiary/aromatic N) is 3. The van der Waals surface area contributed by atoms with E-state index in [1.807, 2.05) is 12.4 Å². The number of aromatic nitrogens is 2. The summed E-state index contributed by atoms with van der Waals surface area (Å²) < 4.78 is 2.34. The summed E-state index contributed by atoms with van der Waals surface area (Å²) in [6, 6.07) is 58.2. The molecule has 3 nitrogen and oxygen atoms in total. The van der Waals surface area contributed by atoms with Crippen molar-refractivity contribution in [2.24, 2.45) is 0 Å². The Morgan fingerprint density at radius 1 is 0.409 bits per heavy atom. The number of hydrogen-bond donors (Lipinski definition) is 0. The van der Waals surface area contributed by atoms with Gasteiger partial charge in [0.1, 0.15) is 0 Å². The molecule has 8 rings (SSSR count). The zero-order valence-corrected chi connectivity index (χ0v) is 24.1. The van der Waals surface area contributed by atoms with Gasteiger partial charge < -0.3 is 9.47 Å². The number of benzene rings is 6. The van der Waals surface area contributed by atoms with Gasteiger partial charge in [-0.2, -0.15) is 0 Å². The number of para-hydroxylation sites is 1. The molecule has 0 amide bonds. The highest BCUT2D eigenvalue weighted by Crippen LogP contribution is 2.39. The van der Waals surface area contributed by atoms with Gasteiger partial charge in [0.05, 0.1) is 11.0 Å². The Hall–Kier alpha value is -5.93. The van der Waals surface area contributed by atoms with Gasteiger partial charge >= 0.3 is 0 Å². The Morgan fingerprint density at radius 2 is 0.955 bits per heavy atom. The van der Waals surface area contributed by atoms with E-state index in [9.17, 15) is 0 Å². The minimum Gasteiger partial charge on any atom is -0.310 e. The van der Waals surface area contributed by atoms with Gasteiger partial charge in [-0.05, 0) is 76.9 Å². The van der Waals surface area contributed by atoms with Crippen LogP contribution in [0.1, 0.15) is 0 Å². The molecule has 6 aromatic carbocycles. The maximum atomic E-state index is 4.43. The fourth-order valence-corrected chi connectivity index (χ4v) is 6.18. The average Bonchev–Trinajstić information content (AvgIpc) is 3.44. The third-order valence-corrected chi connectivity index (χ3v) is 8.29. The Morgan fingerprint density at radius 3 is 1.59 bits per heavy atom. The van der Waals surface area contributed by atoms with Gasteiger partial charge in [0, 0.05) is 45.9 Å². The highest BCUT2D eigenvalue weighted by molar-refractivity contribution is 6.08. The van der Waals surface area contributed by atoms with Crippen LogP contribution in [0, 0.1) is 0 Å². The van der Waals surface area contributed by atoms with Crippen LogP contribution in [0.3, 0.4) is 0 Å². The zero-order chi connectivity index (χ0) is 29.3. The van der Waals surface area contributed by atoms with Crippen molar-refractivity contribution in [2.45, 2.75) is 0 Å². The van der Waals surface area contributed by atoms with Crippen molar-refractivity contribution < 1.29 is 0 Å². The van der Waals surface area contributed by atoms with E-state index < -0.39 is 0 Å². The molecule has 0 spiro atoms. The molecule has 44 heavy (non-hydrogen) atoms. The Labute approximate surface area is 256 Å². The van der Waals surface area contributed by atoms with Crippen molar-refractivity contribution in [3.8, 4) is 27.9 Å². The molecule has 0 saturated carbocycles. The molecule has 2 aromatic heterocycles. The SMILES string of the molecule is c1ccc(-c2ccc(N(c3ccc(-c4ccccc4)cc3)c3cccc(-n4c5ccccc5c5cnccc54)c3)cc2)cc1. The van der Waals surface area contributed by atoms with Crippen molar-refractivity contribution in [2.75, 3.05) is 4.90 Å². The van der Waals surface area contributed by atoms with E-state index in [1.165, 1.54) is 33.2 Å². The summed E-state index contributed by atoms with van der Waals surface area (Å²) in [4.78, 5) is 6.77. The maximum Gasteiger partial charge on any atom is 0.0571 e. The van der Waals surface area contributed by atoms with Crippen molar-refractivity contribution in [3.05, 3.63) is 176 Å². The lowest BCUT2D eigenvalue weighted by Gasteiger charge is -2.26. The van der Waals surface area contributed by atoms with Crippen molar-refractivity contribution in [1.29, 1.82) is 0 Å². The molecule has 0 radical (unpaired) electrons. The average molecular weight is 564 g/mol. The van der Waals surface area contributed by atoms with Crippen LogP contribution < -0.4 is 4.90 Å². The summed E-state index contributed by atoms with van der Waals surface area (Å²) >= 11 is 0. The normalized spacial score (nSPS) is 11.2. The first-order chi connectivity index (χ1) is 21.8. The van der Waals surface area contributed by atoms with E-state index in [-0.39, 0.29) is 0 Å². The third kappa shape index (κ3) is 4.61. The van der Waals surface area contributed by atoms with E-state index in [1.54, 1.807) is 0 Å². The van der Waals surface area contributed by atoms with Gasteiger partial charge in [0.25, 0.3) is 0 Å². The van der Waals surface area contributed by atoms with Crippen molar-refractivity contribution in [1.82, 2.24) is 9.55 Å². The van der Waals surface area contributed by atoms with Crippen molar-refractivity contribution >= 4 is 38.9 Å². The smallest absolute Gasteiger partial charge is 0.0571 e. The second-order valence-electron chi connectivity index (χ2n) is 10.9. The van der Waals surface area contributed by atoms with Gasteiger partial charge in [-0.1, -0.05) is 109 Å². The molecule has 0 N–H and O–H groups in total. The van der Waals surface area contributed by atoms with E-state index in [0.29, 0.717) is 0 Å². The van der Waals surface area contributed by atoms with Crippen LogP contribution in [0.4, 0.5) is 17.1 Å². The highest BCUT2D eigenvalue weighted by atomic mass is 15.1. The lowest BCUT2D eigenvalue weighted by Crippen LogP contribution is -2.10. The molecule has 0 bridgehead atoms. The van der Waals surface area contributed by atoms with Gasteiger partial charge in [-0.3, -0.25) is 4.98 Å². The number of anilines is 3. The van der Waals surface area contributed by atoms with Crippen LogP contribution in [-0.4, -0.2) is 9.55 Å². The molecule has 0 saturated heterocycles. The first kappa shape index (κ1) is 25.8. The fourth-order valence-electron chi connectivity index (χ4n) is 6.18. The Bertz CT molecular complexity index is 2060. The molecule has 0 fully saturated rings. The molecule has 8 aromatic rings. The minimum absolute atomic E-state index is 1.09. The van der Waals surface area contributed by atoms with Crippen LogP contribution in [0.15, 0.2) is 176 Å². The molecule has 3 heteroatoms. The summed E-state index contributed by atoms with van der Waals surface area (Å²) in [6.45, 7) is 0. The summed E-state index contributed by atoms with van der Waals surface area (Å²) in [5.74, 6) is 0. The molecule has 0 aliphatic heterocycles. The second kappa shape index (κ2) is 11.0. The van der Waals surface area contributed by atoms with Gasteiger partial charge in [0.2, 0.25) is 0 Å². The van der Waals surface area contributed by atoms with Crippen LogP contribution in [0.25, 0.3) is 49.7 Å². The standard InChI is InChI=1S/C41H29N3/c1-3-10-30(11-4-1)32-18-22-34(23-19-32)43(35-24-20-33(21-25-35)31-12-5-2-6-13-31)36-14-9-15-37(28-36)44-40-17-8-7-16-38(40)39-29-42-27-26-41(39)44/h1-29H. The van der Waals surface area contributed by atoms with Crippen LogP contribution in [0.5, 0.6) is 0 Å². The zero-order valence-electron chi connectivity index (χ0n) is 24.1. The van der Waals surface area contributed by atoms with Crippen LogP contribution in [-0.2, 0) is 0 Å². The van der Waals surface area contributed by atoms with Crippen LogP contribution in [0.2, 0.25) is 0 Å². The number of fused-ring (bicyclic) bond motifs is 3. The molecular formula is C41H29N3. The quantitative estimate of drug-likeness (QED) is 0.201. The summed E-state index contributed by atoms with van der Waals surface area (Å²) in [6.07, 6.45) is 3.84.